The van der Waals surface area contributed by atoms with Crippen LogP contribution >= 0.6 is 0 Å². The van der Waals surface area contributed by atoms with Crippen molar-refractivity contribution in [3.05, 3.63) is 24.3 Å². The molecular formula is C14H26. The number of hydrogen-bond donors (Lipinski definition) is 0. The maximum absolute atomic E-state index is 2.27. The molecule has 0 amide bonds. The maximum atomic E-state index is 2.27. The molecule has 0 saturated carbocycles. The SMILES string of the molecule is CCCCCC=CC=CCC(C)(C)C. The van der Waals surface area contributed by atoms with Crippen LogP contribution in [0.5, 0.6) is 0 Å². The molecule has 0 aromatic rings. The highest BCUT2D eigenvalue weighted by Crippen LogP contribution is 2.18. The zero-order chi connectivity index (χ0) is 10.9. The van der Waals surface area contributed by atoms with Crippen LogP contribution in [0.3, 0.4) is 0 Å². The molecule has 0 spiro atoms. The van der Waals surface area contributed by atoms with E-state index < -0.39 is 0 Å². The van der Waals surface area contributed by atoms with Crippen molar-refractivity contribution < 1.29 is 0 Å². The normalized spacial score (nSPS) is 13.1. The summed E-state index contributed by atoms with van der Waals surface area (Å²) < 4.78 is 0. The fourth-order valence-electron chi connectivity index (χ4n) is 1.19. The van der Waals surface area contributed by atoms with Crippen LogP contribution in [0.15, 0.2) is 24.3 Å². The van der Waals surface area contributed by atoms with Crippen molar-refractivity contribution in [2.45, 2.75) is 59.8 Å². The summed E-state index contributed by atoms with van der Waals surface area (Å²) in [5.41, 5.74) is 0.423. The monoisotopic (exact) mass is 194 g/mol. The summed E-state index contributed by atoms with van der Waals surface area (Å²) in [5, 5.41) is 0. The quantitative estimate of drug-likeness (QED) is 0.407. The lowest BCUT2D eigenvalue weighted by Gasteiger charge is -2.13. The van der Waals surface area contributed by atoms with Gasteiger partial charge in [-0.3, -0.25) is 0 Å². The Morgan fingerprint density at radius 3 is 2.14 bits per heavy atom. The molecule has 0 aliphatic rings. The lowest BCUT2D eigenvalue weighted by atomic mass is 9.92. The van der Waals surface area contributed by atoms with Crippen LogP contribution < -0.4 is 0 Å². The van der Waals surface area contributed by atoms with Gasteiger partial charge in [0.1, 0.15) is 0 Å². The first-order valence-electron chi connectivity index (χ1n) is 5.88. The van der Waals surface area contributed by atoms with E-state index in [-0.39, 0.29) is 0 Å². The van der Waals surface area contributed by atoms with Crippen LogP contribution in [0.4, 0.5) is 0 Å². The summed E-state index contributed by atoms with van der Waals surface area (Å²) in [6.07, 6.45) is 15.3. The van der Waals surface area contributed by atoms with Gasteiger partial charge in [-0.25, -0.2) is 0 Å². The van der Waals surface area contributed by atoms with E-state index in [1.54, 1.807) is 0 Å². The highest BCUT2D eigenvalue weighted by Gasteiger charge is 2.05. The third-order valence-corrected chi connectivity index (χ3v) is 2.09. The molecule has 14 heavy (non-hydrogen) atoms. The highest BCUT2D eigenvalue weighted by atomic mass is 14.1. The summed E-state index contributed by atoms with van der Waals surface area (Å²) >= 11 is 0. The molecule has 0 nitrogen and oxygen atoms in total. The first kappa shape index (κ1) is 13.5. The third-order valence-electron chi connectivity index (χ3n) is 2.09. The lowest BCUT2D eigenvalue weighted by molar-refractivity contribution is 0.420. The molecule has 0 heterocycles. The topological polar surface area (TPSA) is 0 Å². The molecule has 0 bridgehead atoms. The summed E-state index contributed by atoms with van der Waals surface area (Å²) in [7, 11) is 0. The zero-order valence-corrected chi connectivity index (χ0v) is 10.3. The van der Waals surface area contributed by atoms with Crippen molar-refractivity contribution in [1.82, 2.24) is 0 Å². The fraction of sp³-hybridized carbons (Fsp3) is 0.714. The summed E-state index contributed by atoms with van der Waals surface area (Å²) in [5.74, 6) is 0. The van der Waals surface area contributed by atoms with E-state index in [2.05, 4.69) is 52.0 Å². The van der Waals surface area contributed by atoms with Crippen molar-refractivity contribution in [3.8, 4) is 0 Å². The highest BCUT2D eigenvalue weighted by molar-refractivity contribution is 5.03. The molecular weight excluding hydrogens is 168 g/mol. The maximum Gasteiger partial charge on any atom is -0.0299 e. The summed E-state index contributed by atoms with van der Waals surface area (Å²) in [6, 6.07) is 0. The van der Waals surface area contributed by atoms with Crippen LogP contribution in [0, 0.1) is 5.41 Å². The van der Waals surface area contributed by atoms with Gasteiger partial charge in [-0.05, 0) is 24.7 Å². The fourth-order valence-corrected chi connectivity index (χ4v) is 1.19. The number of hydrogen-bond acceptors (Lipinski definition) is 0. The molecule has 82 valence electrons. The van der Waals surface area contributed by atoms with Crippen molar-refractivity contribution >= 4 is 0 Å². The standard InChI is InChI=1S/C14H26/c1-5-6-7-8-9-10-11-12-13-14(2,3)4/h9-12H,5-8,13H2,1-4H3. The van der Waals surface area contributed by atoms with Gasteiger partial charge < -0.3 is 0 Å². The second-order valence-electron chi connectivity index (χ2n) is 5.12. The second kappa shape index (κ2) is 7.84. The van der Waals surface area contributed by atoms with E-state index >= 15 is 0 Å². The van der Waals surface area contributed by atoms with Gasteiger partial charge in [0, 0.05) is 0 Å². The molecule has 0 rings (SSSR count). The van der Waals surface area contributed by atoms with Gasteiger partial charge in [0.15, 0.2) is 0 Å². The van der Waals surface area contributed by atoms with E-state index in [0.717, 1.165) is 6.42 Å². The molecule has 0 aromatic heterocycles. The van der Waals surface area contributed by atoms with E-state index in [0.29, 0.717) is 5.41 Å². The van der Waals surface area contributed by atoms with Gasteiger partial charge in [0.25, 0.3) is 0 Å². The number of rotatable bonds is 6. The average molecular weight is 194 g/mol. The van der Waals surface area contributed by atoms with Gasteiger partial charge >= 0.3 is 0 Å². The minimum atomic E-state index is 0.423. The number of unbranched alkanes of at least 4 members (excludes halogenated alkanes) is 3. The molecule has 0 aromatic carbocycles. The Balaban J connectivity index is 3.42. The van der Waals surface area contributed by atoms with Crippen LogP contribution in [-0.2, 0) is 0 Å². The van der Waals surface area contributed by atoms with Crippen LogP contribution in [0.1, 0.15) is 59.8 Å². The second-order valence-corrected chi connectivity index (χ2v) is 5.12. The van der Waals surface area contributed by atoms with Crippen molar-refractivity contribution in [3.63, 3.8) is 0 Å². The smallest absolute Gasteiger partial charge is 0.0299 e. The van der Waals surface area contributed by atoms with Crippen molar-refractivity contribution in [2.75, 3.05) is 0 Å². The van der Waals surface area contributed by atoms with Crippen LogP contribution in [0.25, 0.3) is 0 Å². The van der Waals surface area contributed by atoms with Crippen LogP contribution in [-0.4, -0.2) is 0 Å². The minimum absolute atomic E-state index is 0.423. The molecule has 0 heteroatoms. The molecule has 0 atom stereocenters. The largest absolute Gasteiger partial charge is 0.0845 e. The molecule has 0 fully saturated rings. The van der Waals surface area contributed by atoms with Gasteiger partial charge in [0.05, 0.1) is 0 Å². The predicted molar refractivity (Wildman–Crippen MR) is 66.5 cm³/mol. The Morgan fingerprint density at radius 2 is 1.57 bits per heavy atom. The van der Waals surface area contributed by atoms with E-state index in [1.165, 1.54) is 25.7 Å². The van der Waals surface area contributed by atoms with Gasteiger partial charge in [-0.2, -0.15) is 0 Å². The number of allylic oxidation sites excluding steroid dienone is 4. The zero-order valence-electron chi connectivity index (χ0n) is 10.3. The van der Waals surface area contributed by atoms with Crippen molar-refractivity contribution in [1.29, 1.82) is 0 Å². The van der Waals surface area contributed by atoms with Gasteiger partial charge in [-0.15, -0.1) is 0 Å². The first-order valence-corrected chi connectivity index (χ1v) is 5.88. The van der Waals surface area contributed by atoms with Crippen molar-refractivity contribution in [2.24, 2.45) is 5.41 Å². The molecule has 0 N–H and O–H groups in total. The predicted octanol–water partition coefficient (Wildman–Crippen LogP) is 5.12. The summed E-state index contributed by atoms with van der Waals surface area (Å²) in [6.45, 7) is 9.04. The average Bonchev–Trinajstić information content (AvgIpc) is 2.08. The lowest BCUT2D eigenvalue weighted by Crippen LogP contribution is -2.01. The Labute approximate surface area is 90.1 Å². The Hall–Kier alpha value is -0.520. The van der Waals surface area contributed by atoms with Gasteiger partial charge in [-0.1, -0.05) is 64.8 Å². The van der Waals surface area contributed by atoms with E-state index in [9.17, 15) is 0 Å². The molecule has 0 saturated heterocycles. The third kappa shape index (κ3) is 11.5. The van der Waals surface area contributed by atoms with E-state index in [1.807, 2.05) is 0 Å². The Bertz CT molecular complexity index is 167. The van der Waals surface area contributed by atoms with Gasteiger partial charge in [0.2, 0.25) is 0 Å². The Morgan fingerprint density at radius 1 is 0.929 bits per heavy atom. The molecule has 0 radical (unpaired) electrons. The Kier molecular flexibility index (Phi) is 7.55. The molecule has 0 aliphatic heterocycles. The molecule has 0 unspecified atom stereocenters. The minimum Gasteiger partial charge on any atom is -0.0845 e. The van der Waals surface area contributed by atoms with Crippen LogP contribution in [0.2, 0.25) is 0 Å². The molecule has 0 aliphatic carbocycles. The van der Waals surface area contributed by atoms with E-state index in [4.69, 9.17) is 0 Å². The summed E-state index contributed by atoms with van der Waals surface area (Å²) in [4.78, 5) is 0. The first-order chi connectivity index (χ1) is 6.56.